The number of hydrogen-bond acceptors (Lipinski definition) is 3. The molecule has 138 valence electrons. The Hall–Kier alpha value is -2.54. The van der Waals surface area contributed by atoms with Crippen molar-refractivity contribution in [2.24, 2.45) is 0 Å². The molecule has 2 aromatic carbocycles. The summed E-state index contributed by atoms with van der Waals surface area (Å²) in [5, 5.41) is 0.747. The summed E-state index contributed by atoms with van der Waals surface area (Å²) in [5.41, 5.74) is 0.163. The SMILES string of the molecule is C#CCCCOP(=O)(c1ccccc1)c1cc(C(F)F)c2ccccc2n1. The average molecular weight is 385 g/mol. The van der Waals surface area contributed by atoms with E-state index in [9.17, 15) is 13.3 Å². The number of terminal acetylenes is 1. The fourth-order valence-corrected chi connectivity index (χ4v) is 4.83. The van der Waals surface area contributed by atoms with Gasteiger partial charge in [0.1, 0.15) is 5.44 Å². The second-order valence-electron chi connectivity index (χ2n) is 5.92. The third kappa shape index (κ3) is 4.08. The first-order valence-electron chi connectivity index (χ1n) is 8.48. The number of nitrogens with zero attached hydrogens (tertiary/aromatic N) is 1. The molecule has 1 unspecified atom stereocenters. The van der Waals surface area contributed by atoms with Gasteiger partial charge in [-0.3, -0.25) is 4.57 Å². The van der Waals surface area contributed by atoms with Crippen LogP contribution < -0.4 is 10.7 Å². The van der Waals surface area contributed by atoms with E-state index in [1.165, 1.54) is 6.07 Å². The molecule has 1 heterocycles. The highest BCUT2D eigenvalue weighted by molar-refractivity contribution is 7.74. The third-order valence-electron chi connectivity index (χ3n) is 4.11. The maximum Gasteiger partial charge on any atom is 0.279 e. The molecule has 3 aromatic rings. The van der Waals surface area contributed by atoms with Gasteiger partial charge in [-0.1, -0.05) is 36.4 Å². The van der Waals surface area contributed by atoms with Gasteiger partial charge in [0.15, 0.2) is 0 Å². The second kappa shape index (κ2) is 8.43. The van der Waals surface area contributed by atoms with Crippen LogP contribution in [0.5, 0.6) is 0 Å². The summed E-state index contributed by atoms with van der Waals surface area (Å²) in [7, 11) is -3.65. The Morgan fingerprint density at radius 2 is 1.81 bits per heavy atom. The standard InChI is InChI=1S/C21H18F2NO2P/c1-2-3-9-14-26-27(25,16-10-5-4-6-11-16)20-15-18(21(22)23)17-12-7-8-13-19(17)24-20/h1,4-8,10-13,15,21H,3,9,14H2. The zero-order valence-electron chi connectivity index (χ0n) is 14.5. The topological polar surface area (TPSA) is 39.2 Å². The number of hydrogen-bond donors (Lipinski definition) is 0. The van der Waals surface area contributed by atoms with Crippen molar-refractivity contribution in [2.75, 3.05) is 6.61 Å². The van der Waals surface area contributed by atoms with E-state index in [2.05, 4.69) is 10.9 Å². The van der Waals surface area contributed by atoms with E-state index < -0.39 is 13.8 Å². The van der Waals surface area contributed by atoms with Gasteiger partial charge in [0, 0.05) is 22.7 Å². The monoisotopic (exact) mass is 385 g/mol. The summed E-state index contributed by atoms with van der Waals surface area (Å²) in [4.78, 5) is 4.40. The number of rotatable bonds is 7. The van der Waals surface area contributed by atoms with Crippen molar-refractivity contribution in [2.45, 2.75) is 19.3 Å². The molecule has 0 aliphatic heterocycles. The van der Waals surface area contributed by atoms with Crippen LogP contribution in [0.3, 0.4) is 0 Å². The molecule has 0 fully saturated rings. The molecule has 3 nitrogen and oxygen atoms in total. The first-order valence-corrected chi connectivity index (χ1v) is 10.1. The van der Waals surface area contributed by atoms with Gasteiger partial charge in [-0.05, 0) is 30.7 Å². The van der Waals surface area contributed by atoms with Gasteiger partial charge in [0.25, 0.3) is 13.8 Å². The van der Waals surface area contributed by atoms with Crippen molar-refractivity contribution >= 4 is 29.0 Å². The first-order chi connectivity index (χ1) is 13.1. The van der Waals surface area contributed by atoms with Gasteiger partial charge in [-0.2, -0.15) is 0 Å². The summed E-state index contributed by atoms with van der Waals surface area (Å²) in [5.74, 6) is 2.50. The van der Waals surface area contributed by atoms with Crippen molar-refractivity contribution in [1.29, 1.82) is 0 Å². The van der Waals surface area contributed by atoms with Gasteiger partial charge in [0.2, 0.25) is 0 Å². The quantitative estimate of drug-likeness (QED) is 0.332. The van der Waals surface area contributed by atoms with Crippen LogP contribution in [0.2, 0.25) is 0 Å². The van der Waals surface area contributed by atoms with Crippen molar-refractivity contribution < 1.29 is 17.9 Å². The highest BCUT2D eigenvalue weighted by Gasteiger charge is 2.32. The average Bonchev–Trinajstić information content (AvgIpc) is 2.70. The molecule has 0 saturated carbocycles. The number of fused-ring (bicyclic) bond motifs is 1. The van der Waals surface area contributed by atoms with E-state index in [4.69, 9.17) is 10.9 Å². The van der Waals surface area contributed by atoms with Crippen LogP contribution in [-0.4, -0.2) is 11.6 Å². The lowest BCUT2D eigenvalue weighted by atomic mass is 10.1. The van der Waals surface area contributed by atoms with Crippen molar-refractivity contribution in [3.8, 4) is 12.3 Å². The van der Waals surface area contributed by atoms with E-state index in [0.29, 0.717) is 29.0 Å². The van der Waals surface area contributed by atoms with Gasteiger partial charge >= 0.3 is 0 Å². The number of pyridine rings is 1. The van der Waals surface area contributed by atoms with Crippen LogP contribution in [0.25, 0.3) is 10.9 Å². The maximum atomic E-state index is 13.8. The molecule has 1 aromatic heterocycles. The molecular formula is C21H18F2NO2P. The fourth-order valence-electron chi connectivity index (χ4n) is 2.78. The van der Waals surface area contributed by atoms with Crippen LogP contribution in [0.1, 0.15) is 24.8 Å². The molecule has 0 aliphatic rings. The number of aromatic nitrogens is 1. The van der Waals surface area contributed by atoms with E-state index in [1.807, 2.05) is 0 Å². The predicted molar refractivity (Wildman–Crippen MR) is 104 cm³/mol. The fraction of sp³-hybridized carbons (Fsp3) is 0.190. The molecule has 27 heavy (non-hydrogen) atoms. The van der Waals surface area contributed by atoms with Crippen LogP contribution in [0.4, 0.5) is 8.78 Å². The zero-order valence-corrected chi connectivity index (χ0v) is 15.4. The van der Waals surface area contributed by atoms with E-state index in [-0.39, 0.29) is 17.6 Å². The highest BCUT2D eigenvalue weighted by atomic mass is 31.2. The summed E-state index contributed by atoms with van der Waals surface area (Å²) >= 11 is 0. The molecular weight excluding hydrogens is 367 g/mol. The zero-order chi connectivity index (χ0) is 19.3. The molecule has 0 radical (unpaired) electrons. The summed E-state index contributed by atoms with van der Waals surface area (Å²) in [6, 6.07) is 16.3. The highest BCUT2D eigenvalue weighted by Crippen LogP contribution is 2.45. The molecule has 0 aliphatic carbocycles. The number of para-hydroxylation sites is 1. The van der Waals surface area contributed by atoms with Crippen molar-refractivity contribution in [3.63, 3.8) is 0 Å². The molecule has 0 saturated heterocycles. The molecule has 1 atom stereocenters. The number of unbranched alkanes of at least 4 members (excludes halogenated alkanes) is 1. The minimum absolute atomic E-state index is 0.0170. The van der Waals surface area contributed by atoms with E-state index >= 15 is 0 Å². The number of alkyl halides is 2. The Balaban J connectivity index is 2.15. The summed E-state index contributed by atoms with van der Waals surface area (Å²) in [6.45, 7) is 0.148. The second-order valence-corrected chi connectivity index (χ2v) is 8.25. The smallest absolute Gasteiger partial charge is 0.279 e. The van der Waals surface area contributed by atoms with Gasteiger partial charge in [-0.15, -0.1) is 12.3 Å². The predicted octanol–water partition coefficient (Wildman–Crippen LogP) is 4.83. The van der Waals surface area contributed by atoms with Crippen LogP contribution in [0.15, 0.2) is 60.7 Å². The largest absolute Gasteiger partial charge is 0.321 e. The maximum absolute atomic E-state index is 13.8. The van der Waals surface area contributed by atoms with E-state index in [0.717, 1.165) is 0 Å². The minimum atomic E-state index is -3.65. The molecule has 0 spiro atoms. The van der Waals surface area contributed by atoms with E-state index in [1.54, 1.807) is 54.6 Å². The van der Waals surface area contributed by atoms with Gasteiger partial charge in [-0.25, -0.2) is 13.8 Å². The number of benzene rings is 2. The third-order valence-corrected chi connectivity index (χ3v) is 6.46. The normalized spacial score (nSPS) is 13.4. The Bertz CT molecular complexity index is 1020. The molecule has 3 rings (SSSR count). The molecule has 0 N–H and O–H groups in total. The molecule has 6 heteroatoms. The Morgan fingerprint density at radius 1 is 1.11 bits per heavy atom. The lowest BCUT2D eigenvalue weighted by molar-refractivity contribution is 0.153. The Morgan fingerprint density at radius 3 is 2.52 bits per heavy atom. The lowest BCUT2D eigenvalue weighted by Crippen LogP contribution is -2.22. The Kier molecular flexibility index (Phi) is 6.01. The van der Waals surface area contributed by atoms with Crippen LogP contribution in [-0.2, 0) is 9.09 Å². The van der Waals surface area contributed by atoms with Crippen LogP contribution >= 0.6 is 7.37 Å². The Labute approximate surface area is 156 Å². The summed E-state index contributed by atoms with van der Waals surface area (Å²) < 4.78 is 46.8. The first kappa shape index (κ1) is 19.2. The minimum Gasteiger partial charge on any atom is -0.321 e. The van der Waals surface area contributed by atoms with Gasteiger partial charge in [0.05, 0.1) is 12.1 Å². The number of halogens is 2. The summed E-state index contributed by atoms with van der Waals surface area (Å²) in [6.07, 6.45) is 3.52. The van der Waals surface area contributed by atoms with Crippen LogP contribution in [0, 0.1) is 12.3 Å². The van der Waals surface area contributed by atoms with Crippen molar-refractivity contribution in [1.82, 2.24) is 4.98 Å². The van der Waals surface area contributed by atoms with Crippen molar-refractivity contribution in [3.05, 3.63) is 66.2 Å². The molecule has 0 bridgehead atoms. The molecule has 0 amide bonds. The van der Waals surface area contributed by atoms with Gasteiger partial charge < -0.3 is 4.52 Å². The lowest BCUT2D eigenvalue weighted by Gasteiger charge is -2.20.